The lowest BCUT2D eigenvalue weighted by Gasteiger charge is -2.11. The molecule has 2 atom stereocenters. The normalized spacial score (nSPS) is 11.7. The van der Waals surface area contributed by atoms with E-state index in [9.17, 15) is 9.59 Å². The standard InChI is InChI=1S/C40H31O2S2.C36H25F2S2/c1-28(41)37-12-6-8-14-39(37)30-16-20-32(21-17-30)43-33-22-26-36(27-23-33)44(34-10-4-3-5-11-34)35-24-18-31(19-25-35)40-15-9-7-13-38(40)29(2)42;37-33-24-28(26-10-4-1-5-11-26)16-22-35(33)39-30-18-20-32(21-19-30)40(31-14-8-3-9-15-31)36-23-17-29(25-34(36)38)27-12-6-2-7-13-27/h3-27H,1-2H3;1-25H/q2*+1. The minimum atomic E-state index is -0.633. The van der Waals surface area contributed by atoms with Gasteiger partial charge in [0.25, 0.3) is 0 Å². The Morgan fingerprint density at radius 1 is 0.298 bits per heavy atom. The van der Waals surface area contributed by atoms with Gasteiger partial charge in [-0.3, -0.25) is 9.59 Å². The van der Waals surface area contributed by atoms with Crippen molar-refractivity contribution in [2.45, 2.75) is 62.8 Å². The Hall–Kier alpha value is -8.76. The summed E-state index contributed by atoms with van der Waals surface area (Å²) >= 11 is 3.11. The van der Waals surface area contributed by atoms with E-state index < -0.39 is 10.9 Å². The maximum absolute atomic E-state index is 15.7. The number of carbonyl (C=O) groups excluding carboxylic acids is 2. The summed E-state index contributed by atoms with van der Waals surface area (Å²) in [5.74, 6) is -0.337. The van der Waals surface area contributed by atoms with Gasteiger partial charge in [0.1, 0.15) is 16.7 Å². The average molecular weight is 1170 g/mol. The Labute approximate surface area is 505 Å². The van der Waals surface area contributed by atoms with Gasteiger partial charge < -0.3 is 0 Å². The van der Waals surface area contributed by atoms with Crippen LogP contribution in [0.2, 0.25) is 0 Å². The van der Waals surface area contributed by atoms with Crippen molar-refractivity contribution in [2.24, 2.45) is 0 Å². The monoisotopic (exact) mass is 1170 g/mol. The lowest BCUT2D eigenvalue weighted by atomic mass is 9.98. The minimum Gasteiger partial charge on any atom is -0.294 e. The number of hydrogen-bond donors (Lipinski definition) is 0. The molecule has 408 valence electrons. The molecule has 0 radical (unpaired) electrons. The Morgan fingerprint density at radius 3 is 1.08 bits per heavy atom. The average Bonchev–Trinajstić information content (AvgIpc) is 3.73. The van der Waals surface area contributed by atoms with Gasteiger partial charge in [0.15, 0.2) is 41.9 Å². The zero-order valence-electron chi connectivity index (χ0n) is 46.1. The van der Waals surface area contributed by atoms with Crippen LogP contribution in [0.3, 0.4) is 0 Å². The number of ketones is 2. The van der Waals surface area contributed by atoms with Crippen LogP contribution in [0.1, 0.15) is 34.6 Å². The van der Waals surface area contributed by atoms with Crippen LogP contribution < -0.4 is 0 Å². The summed E-state index contributed by atoms with van der Waals surface area (Å²) in [5, 5.41) is 0. The van der Waals surface area contributed by atoms with Gasteiger partial charge >= 0.3 is 0 Å². The minimum absolute atomic E-state index is 0.0703. The summed E-state index contributed by atoms with van der Waals surface area (Å²) in [6, 6.07) is 101. The van der Waals surface area contributed by atoms with Crippen molar-refractivity contribution < 1.29 is 18.4 Å². The van der Waals surface area contributed by atoms with Crippen LogP contribution in [0.15, 0.2) is 352 Å². The molecule has 0 saturated carbocycles. The number of rotatable bonds is 16. The van der Waals surface area contributed by atoms with Gasteiger partial charge in [-0.2, -0.15) is 0 Å². The van der Waals surface area contributed by atoms with Crippen LogP contribution >= 0.6 is 23.5 Å². The van der Waals surface area contributed by atoms with Crippen LogP contribution in [-0.2, 0) is 21.8 Å². The molecule has 8 heteroatoms. The smallest absolute Gasteiger partial charge is 0.202 e. The summed E-state index contributed by atoms with van der Waals surface area (Å²) in [5.41, 5.74) is 9.16. The Morgan fingerprint density at radius 2 is 0.631 bits per heavy atom. The van der Waals surface area contributed by atoms with Crippen LogP contribution in [0.25, 0.3) is 44.5 Å². The Balaban J connectivity index is 0.000000176. The molecule has 0 aliphatic rings. The molecule has 12 aromatic carbocycles. The molecule has 0 aromatic heterocycles. The molecule has 0 heterocycles. The molecular formula is C76H56F2O2S4+2. The van der Waals surface area contributed by atoms with Crippen molar-refractivity contribution in [1.29, 1.82) is 0 Å². The molecular weight excluding hydrogens is 1110 g/mol. The topological polar surface area (TPSA) is 34.1 Å². The highest BCUT2D eigenvalue weighted by Gasteiger charge is 2.33. The first-order valence-corrected chi connectivity index (χ1v) is 31.5. The Kier molecular flexibility index (Phi) is 18.4. The maximum atomic E-state index is 15.7. The van der Waals surface area contributed by atoms with E-state index in [4.69, 9.17) is 0 Å². The molecule has 12 rings (SSSR count). The highest BCUT2D eigenvalue weighted by Crippen LogP contribution is 2.40. The quantitative estimate of drug-likeness (QED) is 0.0713. The molecule has 0 aliphatic carbocycles. The van der Waals surface area contributed by atoms with Gasteiger partial charge in [-0.05, 0) is 198 Å². The fraction of sp³-hybridized carbons (Fsp3) is 0.0263. The zero-order chi connectivity index (χ0) is 57.8. The van der Waals surface area contributed by atoms with E-state index in [1.54, 1.807) is 37.7 Å². The summed E-state index contributed by atoms with van der Waals surface area (Å²) in [4.78, 5) is 34.5. The molecule has 0 aliphatic heterocycles. The molecule has 0 fully saturated rings. The van der Waals surface area contributed by atoms with Gasteiger partial charge in [-0.15, -0.1) is 0 Å². The van der Waals surface area contributed by atoms with Crippen molar-refractivity contribution >= 4 is 56.9 Å². The molecule has 0 spiro atoms. The molecule has 2 nitrogen and oxygen atoms in total. The van der Waals surface area contributed by atoms with E-state index in [1.165, 1.54) is 31.3 Å². The summed E-state index contributed by atoms with van der Waals surface area (Å²) < 4.78 is 30.7. The van der Waals surface area contributed by atoms with E-state index in [0.717, 1.165) is 75.2 Å². The lowest BCUT2D eigenvalue weighted by Crippen LogP contribution is -2.07. The number of hydrogen-bond acceptors (Lipinski definition) is 4. The van der Waals surface area contributed by atoms with E-state index >= 15 is 8.78 Å². The molecule has 0 amide bonds. The number of halogens is 2. The second kappa shape index (κ2) is 27.1. The SMILES string of the molecule is CC(=O)c1ccccc1-c1ccc(Sc2ccc([S+](c3ccccc3)c3ccc(-c4ccccc4C(C)=O)cc3)cc2)cc1.Fc1cc(-c2ccccc2)ccc1Sc1ccc([S+](c2ccccc2)c2ccc(-c3ccccc3)cc2F)cc1. The first-order chi connectivity index (χ1) is 41.1. The van der Waals surface area contributed by atoms with E-state index in [0.29, 0.717) is 9.79 Å². The van der Waals surface area contributed by atoms with Crippen LogP contribution in [0, 0.1) is 11.6 Å². The van der Waals surface area contributed by atoms with Crippen LogP contribution in [0.5, 0.6) is 0 Å². The number of Topliss-reactive ketones (excluding diaryl/α,β-unsaturated/α-hetero) is 2. The summed E-state index contributed by atoms with van der Waals surface area (Å²) in [7, 11) is -0.915. The van der Waals surface area contributed by atoms with Gasteiger partial charge in [-0.25, -0.2) is 8.78 Å². The third kappa shape index (κ3) is 13.7. The molecule has 0 N–H and O–H groups in total. The summed E-state index contributed by atoms with van der Waals surface area (Å²) in [6.45, 7) is 3.23. The fourth-order valence-corrected chi connectivity index (χ4v) is 15.7. The Bertz CT molecular complexity index is 4180. The lowest BCUT2D eigenvalue weighted by molar-refractivity contribution is 0.101. The fourth-order valence-electron chi connectivity index (χ4n) is 9.89. The van der Waals surface area contributed by atoms with Crippen molar-refractivity contribution in [2.75, 3.05) is 0 Å². The van der Waals surface area contributed by atoms with Gasteiger partial charge in [0.2, 0.25) is 4.90 Å². The van der Waals surface area contributed by atoms with Crippen LogP contribution in [-0.4, -0.2) is 11.6 Å². The second-order valence-electron chi connectivity index (χ2n) is 19.7. The number of carbonyl (C=O) groups is 2. The third-order valence-corrected chi connectivity index (χ3v) is 20.6. The largest absolute Gasteiger partial charge is 0.294 e. The van der Waals surface area contributed by atoms with E-state index in [-0.39, 0.29) is 34.1 Å². The highest BCUT2D eigenvalue weighted by atomic mass is 32.2. The first-order valence-electron chi connectivity index (χ1n) is 27.4. The molecule has 0 saturated heterocycles. The van der Waals surface area contributed by atoms with E-state index in [1.807, 2.05) is 188 Å². The zero-order valence-corrected chi connectivity index (χ0v) is 49.3. The predicted molar refractivity (Wildman–Crippen MR) is 346 cm³/mol. The highest BCUT2D eigenvalue weighted by molar-refractivity contribution is 7.99. The molecule has 12 aromatic rings. The van der Waals surface area contributed by atoms with Crippen molar-refractivity contribution in [3.63, 3.8) is 0 Å². The van der Waals surface area contributed by atoms with Crippen molar-refractivity contribution in [3.05, 3.63) is 326 Å². The van der Waals surface area contributed by atoms with Crippen LogP contribution in [0.4, 0.5) is 8.78 Å². The number of benzene rings is 12. The van der Waals surface area contributed by atoms with Crippen molar-refractivity contribution in [3.8, 4) is 44.5 Å². The third-order valence-electron chi connectivity index (χ3n) is 14.0. The molecule has 2 unspecified atom stereocenters. The van der Waals surface area contributed by atoms with Crippen molar-refractivity contribution in [1.82, 2.24) is 0 Å². The molecule has 0 bridgehead atoms. The van der Waals surface area contributed by atoms with E-state index in [2.05, 4.69) is 103 Å². The second-order valence-corrected chi connectivity index (χ2v) is 25.9. The van der Waals surface area contributed by atoms with Gasteiger partial charge in [0, 0.05) is 30.7 Å². The van der Waals surface area contributed by atoms with Gasteiger partial charge in [-0.1, -0.05) is 187 Å². The summed E-state index contributed by atoms with van der Waals surface area (Å²) in [6.07, 6.45) is 0. The molecule has 84 heavy (non-hydrogen) atoms. The maximum Gasteiger partial charge on any atom is 0.202 e. The predicted octanol–water partition coefficient (Wildman–Crippen LogP) is 21.2. The first kappa shape index (κ1) is 57.1. The van der Waals surface area contributed by atoms with Gasteiger partial charge in [0.05, 0.1) is 10.9 Å².